The van der Waals surface area contributed by atoms with Crippen molar-refractivity contribution in [2.45, 2.75) is 32.6 Å². The van der Waals surface area contributed by atoms with Crippen molar-refractivity contribution in [2.24, 2.45) is 0 Å². The van der Waals surface area contributed by atoms with Gasteiger partial charge in [-0.05, 0) is 30.2 Å². The number of unbranched alkanes of at least 4 members (excludes halogenated alkanes) is 2. The molecule has 0 saturated carbocycles. The summed E-state index contributed by atoms with van der Waals surface area (Å²) < 4.78 is 4.99. The molecule has 0 aliphatic heterocycles. The number of rotatable bonds is 5. The third kappa shape index (κ3) is 3.23. The van der Waals surface area contributed by atoms with Gasteiger partial charge >= 0.3 is 0 Å². The molecule has 1 rings (SSSR count). The summed E-state index contributed by atoms with van der Waals surface area (Å²) in [4.78, 5) is 11.4. The van der Waals surface area contributed by atoms with Gasteiger partial charge in [0.05, 0.1) is 0 Å². The number of halogens is 1. The van der Waals surface area contributed by atoms with Crippen molar-refractivity contribution in [1.82, 2.24) is 0 Å². The summed E-state index contributed by atoms with van der Waals surface area (Å²) in [6, 6.07) is 3.21. The van der Waals surface area contributed by atoms with E-state index >= 15 is 0 Å². The van der Waals surface area contributed by atoms with Gasteiger partial charge in [0, 0.05) is 6.42 Å². The monoisotopic (exact) mass is 200 g/mol. The lowest BCUT2D eigenvalue weighted by Crippen LogP contribution is -1.96. The molecule has 1 heterocycles. The van der Waals surface area contributed by atoms with Gasteiger partial charge < -0.3 is 4.42 Å². The van der Waals surface area contributed by atoms with Crippen LogP contribution in [0.4, 0.5) is 0 Å². The highest BCUT2D eigenvalue weighted by atomic mass is 35.5. The quantitative estimate of drug-likeness (QED) is 0.536. The lowest BCUT2D eigenvalue weighted by molar-refractivity contribution is 0.0952. The number of hydrogen-bond acceptors (Lipinski definition) is 2. The SMILES string of the molecule is CCCCCC(=O)c1ccc(Cl)o1. The Hall–Kier alpha value is -0.760. The van der Waals surface area contributed by atoms with Crippen LogP contribution in [0.5, 0.6) is 0 Å². The van der Waals surface area contributed by atoms with E-state index in [0.717, 1.165) is 19.3 Å². The lowest BCUT2D eigenvalue weighted by atomic mass is 10.1. The molecule has 0 amide bonds. The van der Waals surface area contributed by atoms with Crippen molar-refractivity contribution in [3.8, 4) is 0 Å². The number of furan rings is 1. The molecule has 1 aromatic rings. The molecular weight excluding hydrogens is 188 g/mol. The van der Waals surface area contributed by atoms with Gasteiger partial charge in [-0.25, -0.2) is 0 Å². The van der Waals surface area contributed by atoms with Crippen LogP contribution in [-0.2, 0) is 0 Å². The molecule has 0 unspecified atom stereocenters. The van der Waals surface area contributed by atoms with Gasteiger partial charge in [0.15, 0.2) is 16.8 Å². The van der Waals surface area contributed by atoms with Gasteiger partial charge in [-0.2, -0.15) is 0 Å². The Morgan fingerprint density at radius 2 is 2.23 bits per heavy atom. The molecular formula is C10H13ClO2. The predicted molar refractivity (Wildman–Crippen MR) is 52.2 cm³/mol. The van der Waals surface area contributed by atoms with Crippen LogP contribution in [0, 0.1) is 0 Å². The zero-order chi connectivity index (χ0) is 9.68. The van der Waals surface area contributed by atoms with Crippen LogP contribution in [0.2, 0.25) is 5.22 Å². The van der Waals surface area contributed by atoms with Crippen molar-refractivity contribution in [3.05, 3.63) is 23.1 Å². The van der Waals surface area contributed by atoms with E-state index in [0.29, 0.717) is 12.2 Å². The number of carbonyl (C=O) groups is 1. The molecule has 1 aromatic heterocycles. The fraction of sp³-hybridized carbons (Fsp3) is 0.500. The maximum absolute atomic E-state index is 11.4. The van der Waals surface area contributed by atoms with E-state index in [2.05, 4.69) is 6.92 Å². The van der Waals surface area contributed by atoms with Gasteiger partial charge in [0.2, 0.25) is 0 Å². The van der Waals surface area contributed by atoms with E-state index in [1.807, 2.05) is 0 Å². The second kappa shape index (κ2) is 5.07. The third-order valence-electron chi connectivity index (χ3n) is 1.86. The van der Waals surface area contributed by atoms with Gasteiger partial charge in [0.25, 0.3) is 0 Å². The van der Waals surface area contributed by atoms with Crippen LogP contribution in [-0.4, -0.2) is 5.78 Å². The molecule has 0 fully saturated rings. The van der Waals surface area contributed by atoms with Gasteiger partial charge in [-0.3, -0.25) is 4.79 Å². The van der Waals surface area contributed by atoms with Crippen molar-refractivity contribution in [3.63, 3.8) is 0 Å². The first kappa shape index (κ1) is 10.3. The number of hydrogen-bond donors (Lipinski definition) is 0. The van der Waals surface area contributed by atoms with Crippen LogP contribution in [0.3, 0.4) is 0 Å². The minimum Gasteiger partial charge on any atom is -0.442 e. The molecule has 0 bridgehead atoms. The number of Topliss-reactive ketones (excluding diaryl/α,β-unsaturated/α-hetero) is 1. The van der Waals surface area contributed by atoms with Crippen molar-refractivity contribution in [2.75, 3.05) is 0 Å². The normalized spacial score (nSPS) is 10.3. The smallest absolute Gasteiger partial charge is 0.198 e. The first-order valence-electron chi connectivity index (χ1n) is 4.52. The molecule has 0 aliphatic carbocycles. The van der Waals surface area contributed by atoms with Crippen LogP contribution in [0.15, 0.2) is 16.5 Å². The van der Waals surface area contributed by atoms with Crippen LogP contribution in [0.1, 0.15) is 43.2 Å². The van der Waals surface area contributed by atoms with E-state index in [9.17, 15) is 4.79 Å². The Morgan fingerprint density at radius 3 is 2.77 bits per heavy atom. The maximum Gasteiger partial charge on any atom is 0.198 e. The minimum atomic E-state index is 0.0420. The minimum absolute atomic E-state index is 0.0420. The summed E-state index contributed by atoms with van der Waals surface area (Å²) in [5, 5.41) is 0.277. The van der Waals surface area contributed by atoms with Crippen molar-refractivity contribution in [1.29, 1.82) is 0 Å². The Balaban J connectivity index is 2.40. The molecule has 0 atom stereocenters. The van der Waals surface area contributed by atoms with E-state index in [1.165, 1.54) is 0 Å². The summed E-state index contributed by atoms with van der Waals surface area (Å²) in [5.41, 5.74) is 0. The highest BCUT2D eigenvalue weighted by molar-refractivity contribution is 6.29. The standard InChI is InChI=1S/C10H13ClO2/c1-2-3-4-5-8(12)9-6-7-10(11)13-9/h6-7H,2-5H2,1H3. The predicted octanol–water partition coefficient (Wildman–Crippen LogP) is 3.70. The van der Waals surface area contributed by atoms with Gasteiger partial charge in [-0.1, -0.05) is 19.8 Å². The Bertz CT molecular complexity index is 278. The molecule has 2 nitrogen and oxygen atoms in total. The zero-order valence-corrected chi connectivity index (χ0v) is 8.43. The van der Waals surface area contributed by atoms with Gasteiger partial charge in [0.1, 0.15) is 0 Å². The van der Waals surface area contributed by atoms with Gasteiger partial charge in [-0.15, -0.1) is 0 Å². The third-order valence-corrected chi connectivity index (χ3v) is 2.06. The summed E-state index contributed by atoms with van der Waals surface area (Å²) in [6.45, 7) is 2.11. The van der Waals surface area contributed by atoms with E-state index in [1.54, 1.807) is 12.1 Å². The Kier molecular flexibility index (Phi) is 4.03. The lowest BCUT2D eigenvalue weighted by Gasteiger charge is -1.95. The van der Waals surface area contributed by atoms with Crippen molar-refractivity contribution < 1.29 is 9.21 Å². The summed E-state index contributed by atoms with van der Waals surface area (Å²) in [6.07, 6.45) is 3.68. The average molecular weight is 201 g/mol. The molecule has 0 N–H and O–H groups in total. The molecule has 3 heteroatoms. The maximum atomic E-state index is 11.4. The Labute approximate surface area is 82.9 Å². The zero-order valence-electron chi connectivity index (χ0n) is 7.68. The molecule has 13 heavy (non-hydrogen) atoms. The van der Waals surface area contributed by atoms with Crippen LogP contribution < -0.4 is 0 Å². The number of ketones is 1. The molecule has 0 saturated heterocycles. The average Bonchev–Trinajstić information content (AvgIpc) is 2.52. The van der Waals surface area contributed by atoms with E-state index in [-0.39, 0.29) is 11.0 Å². The molecule has 0 aliphatic rings. The summed E-state index contributed by atoms with van der Waals surface area (Å²) >= 11 is 5.55. The topological polar surface area (TPSA) is 30.2 Å². The fourth-order valence-electron chi connectivity index (χ4n) is 1.12. The highest BCUT2D eigenvalue weighted by Crippen LogP contribution is 2.15. The molecule has 0 aromatic carbocycles. The van der Waals surface area contributed by atoms with Crippen molar-refractivity contribution >= 4 is 17.4 Å². The Morgan fingerprint density at radius 1 is 1.46 bits per heavy atom. The molecule has 0 spiro atoms. The summed E-state index contributed by atoms with van der Waals surface area (Å²) in [5.74, 6) is 0.418. The second-order valence-corrected chi connectivity index (χ2v) is 3.36. The highest BCUT2D eigenvalue weighted by Gasteiger charge is 2.09. The fourth-order valence-corrected chi connectivity index (χ4v) is 1.27. The summed E-state index contributed by atoms with van der Waals surface area (Å²) in [7, 11) is 0. The van der Waals surface area contributed by atoms with E-state index in [4.69, 9.17) is 16.0 Å². The second-order valence-electron chi connectivity index (χ2n) is 2.98. The first-order valence-corrected chi connectivity index (χ1v) is 4.90. The first-order chi connectivity index (χ1) is 6.24. The molecule has 0 radical (unpaired) electrons. The van der Waals surface area contributed by atoms with E-state index < -0.39 is 0 Å². The molecule has 72 valence electrons. The van der Waals surface area contributed by atoms with Crippen LogP contribution in [0.25, 0.3) is 0 Å². The van der Waals surface area contributed by atoms with Crippen LogP contribution >= 0.6 is 11.6 Å². The number of carbonyl (C=O) groups excluding carboxylic acids is 1. The largest absolute Gasteiger partial charge is 0.442 e.